The van der Waals surface area contributed by atoms with E-state index in [9.17, 15) is 4.79 Å². The summed E-state index contributed by atoms with van der Waals surface area (Å²) in [5.41, 5.74) is 1.22. The third kappa shape index (κ3) is 4.15. The van der Waals surface area contributed by atoms with Crippen LogP contribution in [-0.4, -0.2) is 11.1 Å². The molecule has 0 bridgehead atoms. The lowest BCUT2D eigenvalue weighted by molar-refractivity contribution is -0.138. The molecule has 15 heavy (non-hydrogen) atoms. The average Bonchev–Trinajstić information content (AvgIpc) is 2.17. The fourth-order valence-electron chi connectivity index (χ4n) is 1.68. The van der Waals surface area contributed by atoms with Gasteiger partial charge in [-0.1, -0.05) is 44.2 Å². The molecule has 0 saturated heterocycles. The Labute approximate surface area is 90.9 Å². The third-order valence-corrected chi connectivity index (χ3v) is 2.72. The summed E-state index contributed by atoms with van der Waals surface area (Å²) in [5, 5.41) is 8.81. The Morgan fingerprint density at radius 1 is 1.27 bits per heavy atom. The highest BCUT2D eigenvalue weighted by atomic mass is 16.4. The number of carboxylic acid groups (broad SMARTS) is 1. The van der Waals surface area contributed by atoms with Crippen molar-refractivity contribution >= 4 is 5.97 Å². The van der Waals surface area contributed by atoms with Gasteiger partial charge in [0.25, 0.3) is 0 Å². The molecule has 0 amide bonds. The van der Waals surface area contributed by atoms with Crippen molar-refractivity contribution < 1.29 is 9.90 Å². The maximum atomic E-state index is 10.7. The zero-order valence-corrected chi connectivity index (χ0v) is 9.31. The Kier molecular flexibility index (Phi) is 4.35. The molecule has 0 aromatic heterocycles. The summed E-state index contributed by atoms with van der Waals surface area (Å²) < 4.78 is 0. The molecule has 0 heterocycles. The number of aliphatic carboxylic acids is 1. The standard InChI is InChI=1S/C13H18O2/c1-10(2)12(9-13(14)15)8-11-6-4-3-5-7-11/h3-7,10,12H,8-9H2,1-2H3,(H,14,15)/t12-/m1/s1. The van der Waals surface area contributed by atoms with Crippen LogP contribution in [0.1, 0.15) is 25.8 Å². The number of rotatable bonds is 5. The maximum Gasteiger partial charge on any atom is 0.303 e. The summed E-state index contributed by atoms with van der Waals surface area (Å²) in [6.45, 7) is 4.16. The van der Waals surface area contributed by atoms with Crippen LogP contribution in [0, 0.1) is 11.8 Å². The van der Waals surface area contributed by atoms with E-state index in [-0.39, 0.29) is 12.3 Å². The van der Waals surface area contributed by atoms with Crippen molar-refractivity contribution in [1.82, 2.24) is 0 Å². The Hall–Kier alpha value is -1.31. The van der Waals surface area contributed by atoms with Crippen molar-refractivity contribution in [2.24, 2.45) is 11.8 Å². The van der Waals surface area contributed by atoms with E-state index in [4.69, 9.17) is 5.11 Å². The van der Waals surface area contributed by atoms with Crippen LogP contribution in [0.5, 0.6) is 0 Å². The summed E-state index contributed by atoms with van der Waals surface area (Å²) >= 11 is 0. The second kappa shape index (κ2) is 5.54. The van der Waals surface area contributed by atoms with E-state index in [1.807, 2.05) is 18.2 Å². The summed E-state index contributed by atoms with van der Waals surface area (Å²) in [5.74, 6) is -0.0733. The molecular formula is C13H18O2. The zero-order chi connectivity index (χ0) is 11.3. The third-order valence-electron chi connectivity index (χ3n) is 2.72. The van der Waals surface area contributed by atoms with Crippen LogP contribution in [0.2, 0.25) is 0 Å². The molecule has 2 nitrogen and oxygen atoms in total. The molecule has 1 atom stereocenters. The van der Waals surface area contributed by atoms with Gasteiger partial charge in [0.2, 0.25) is 0 Å². The maximum absolute atomic E-state index is 10.7. The molecule has 0 saturated carbocycles. The molecule has 0 radical (unpaired) electrons. The van der Waals surface area contributed by atoms with Crippen LogP contribution in [0.4, 0.5) is 0 Å². The largest absolute Gasteiger partial charge is 0.481 e. The highest BCUT2D eigenvalue weighted by molar-refractivity contribution is 5.67. The lowest BCUT2D eigenvalue weighted by Crippen LogP contribution is -2.16. The van der Waals surface area contributed by atoms with Crippen molar-refractivity contribution in [2.45, 2.75) is 26.7 Å². The average molecular weight is 206 g/mol. The van der Waals surface area contributed by atoms with E-state index < -0.39 is 5.97 Å². The molecular weight excluding hydrogens is 188 g/mol. The van der Waals surface area contributed by atoms with Crippen molar-refractivity contribution in [3.63, 3.8) is 0 Å². The second-order valence-corrected chi connectivity index (χ2v) is 4.29. The molecule has 2 heteroatoms. The number of carboxylic acids is 1. The number of carbonyl (C=O) groups is 1. The summed E-state index contributed by atoms with van der Waals surface area (Å²) in [6, 6.07) is 10.1. The first-order chi connectivity index (χ1) is 7.09. The minimum Gasteiger partial charge on any atom is -0.481 e. The molecule has 0 aliphatic heterocycles. The summed E-state index contributed by atoms with van der Waals surface area (Å²) in [7, 11) is 0. The summed E-state index contributed by atoms with van der Waals surface area (Å²) in [4.78, 5) is 10.7. The van der Waals surface area contributed by atoms with Gasteiger partial charge in [-0.05, 0) is 23.8 Å². The fraction of sp³-hybridized carbons (Fsp3) is 0.462. The number of benzene rings is 1. The van der Waals surface area contributed by atoms with E-state index in [0.29, 0.717) is 5.92 Å². The highest BCUT2D eigenvalue weighted by Gasteiger charge is 2.17. The first kappa shape index (κ1) is 11.8. The van der Waals surface area contributed by atoms with Crippen LogP contribution in [0.15, 0.2) is 30.3 Å². The van der Waals surface area contributed by atoms with E-state index in [1.165, 1.54) is 5.56 Å². The predicted octanol–water partition coefficient (Wildman–Crippen LogP) is 2.98. The molecule has 1 N–H and O–H groups in total. The smallest absolute Gasteiger partial charge is 0.303 e. The fourth-order valence-corrected chi connectivity index (χ4v) is 1.68. The van der Waals surface area contributed by atoms with Crippen LogP contribution < -0.4 is 0 Å². The van der Waals surface area contributed by atoms with Crippen LogP contribution in [-0.2, 0) is 11.2 Å². The SMILES string of the molecule is CC(C)[C@@H](CC(=O)O)Cc1ccccc1. The normalized spacial score (nSPS) is 12.7. The van der Waals surface area contributed by atoms with Gasteiger partial charge in [-0.25, -0.2) is 0 Å². The van der Waals surface area contributed by atoms with Crippen molar-refractivity contribution in [2.75, 3.05) is 0 Å². The molecule has 0 aliphatic carbocycles. The molecule has 82 valence electrons. The van der Waals surface area contributed by atoms with Gasteiger partial charge in [-0.2, -0.15) is 0 Å². The van der Waals surface area contributed by atoms with Gasteiger partial charge in [-0.15, -0.1) is 0 Å². The van der Waals surface area contributed by atoms with Crippen LogP contribution >= 0.6 is 0 Å². The first-order valence-corrected chi connectivity index (χ1v) is 5.35. The van der Waals surface area contributed by atoms with Gasteiger partial charge < -0.3 is 5.11 Å². The van der Waals surface area contributed by atoms with Gasteiger partial charge in [0.05, 0.1) is 0 Å². The molecule has 1 rings (SSSR count). The molecule has 0 unspecified atom stereocenters. The van der Waals surface area contributed by atoms with Crippen molar-refractivity contribution in [1.29, 1.82) is 0 Å². The molecule has 1 aromatic rings. The van der Waals surface area contributed by atoms with Crippen molar-refractivity contribution in [3.05, 3.63) is 35.9 Å². The Balaban J connectivity index is 2.63. The lowest BCUT2D eigenvalue weighted by atomic mass is 9.87. The van der Waals surface area contributed by atoms with E-state index in [0.717, 1.165) is 6.42 Å². The van der Waals surface area contributed by atoms with E-state index >= 15 is 0 Å². The molecule has 1 aromatic carbocycles. The van der Waals surface area contributed by atoms with E-state index in [1.54, 1.807) is 0 Å². The Morgan fingerprint density at radius 3 is 2.33 bits per heavy atom. The minimum absolute atomic E-state index is 0.227. The topological polar surface area (TPSA) is 37.3 Å². The first-order valence-electron chi connectivity index (χ1n) is 5.35. The van der Waals surface area contributed by atoms with Gasteiger partial charge in [0, 0.05) is 6.42 Å². The van der Waals surface area contributed by atoms with E-state index in [2.05, 4.69) is 26.0 Å². The molecule has 0 aliphatic rings. The minimum atomic E-state index is -0.704. The quantitative estimate of drug-likeness (QED) is 0.804. The second-order valence-electron chi connectivity index (χ2n) is 4.29. The molecule has 0 spiro atoms. The highest BCUT2D eigenvalue weighted by Crippen LogP contribution is 2.20. The lowest BCUT2D eigenvalue weighted by Gasteiger charge is -2.18. The zero-order valence-electron chi connectivity index (χ0n) is 9.31. The Bertz CT molecular complexity index is 304. The van der Waals surface area contributed by atoms with Crippen LogP contribution in [0.3, 0.4) is 0 Å². The van der Waals surface area contributed by atoms with Crippen molar-refractivity contribution in [3.8, 4) is 0 Å². The van der Waals surface area contributed by atoms with Gasteiger partial charge in [-0.3, -0.25) is 4.79 Å². The van der Waals surface area contributed by atoms with Crippen LogP contribution in [0.25, 0.3) is 0 Å². The Morgan fingerprint density at radius 2 is 1.87 bits per heavy atom. The number of hydrogen-bond acceptors (Lipinski definition) is 1. The monoisotopic (exact) mass is 206 g/mol. The van der Waals surface area contributed by atoms with Gasteiger partial charge in [0.15, 0.2) is 0 Å². The summed E-state index contributed by atoms with van der Waals surface area (Å²) in [6.07, 6.45) is 1.11. The number of hydrogen-bond donors (Lipinski definition) is 1. The predicted molar refractivity (Wildman–Crippen MR) is 60.7 cm³/mol. The molecule has 0 fully saturated rings. The van der Waals surface area contributed by atoms with Gasteiger partial charge in [0.1, 0.15) is 0 Å². The van der Waals surface area contributed by atoms with Gasteiger partial charge >= 0.3 is 5.97 Å².